The van der Waals surface area contributed by atoms with Gasteiger partial charge < -0.3 is 15.7 Å². The highest BCUT2D eigenvalue weighted by Gasteiger charge is 2.43. The average Bonchev–Trinajstić information content (AvgIpc) is 3.19. The van der Waals surface area contributed by atoms with Crippen LogP contribution >= 0.6 is 0 Å². The smallest absolute Gasteiger partial charge is 0.334 e. The largest absolute Gasteiger partial charge is 0.479 e. The van der Waals surface area contributed by atoms with Crippen LogP contribution in [0.5, 0.6) is 0 Å². The van der Waals surface area contributed by atoms with Gasteiger partial charge >= 0.3 is 5.97 Å². The van der Waals surface area contributed by atoms with Crippen LogP contribution < -0.4 is 10.6 Å². The lowest BCUT2D eigenvalue weighted by molar-refractivity contribution is -0.145. The zero-order valence-corrected chi connectivity index (χ0v) is 21.1. The topological polar surface area (TPSA) is 96.3 Å². The van der Waals surface area contributed by atoms with E-state index in [0.29, 0.717) is 22.6 Å². The average molecular weight is 475 g/mol. The van der Waals surface area contributed by atoms with Gasteiger partial charge in [-0.05, 0) is 56.7 Å². The van der Waals surface area contributed by atoms with Crippen LogP contribution in [0.2, 0.25) is 0 Å². The molecule has 184 valence electrons. The molecule has 0 spiro atoms. The molecule has 0 bridgehead atoms. The van der Waals surface area contributed by atoms with Crippen molar-refractivity contribution in [2.24, 2.45) is 0 Å². The van der Waals surface area contributed by atoms with E-state index in [-0.39, 0.29) is 18.0 Å². The van der Waals surface area contributed by atoms with Crippen molar-refractivity contribution >= 4 is 17.7 Å². The minimum absolute atomic E-state index is 0.00153. The van der Waals surface area contributed by atoms with E-state index in [4.69, 9.17) is 5.10 Å². The fourth-order valence-corrected chi connectivity index (χ4v) is 5.03. The second-order valence-corrected chi connectivity index (χ2v) is 9.91. The maximum Gasteiger partial charge on any atom is 0.334 e. The van der Waals surface area contributed by atoms with Crippen molar-refractivity contribution in [2.75, 3.05) is 5.32 Å². The first kappa shape index (κ1) is 24.5. The third kappa shape index (κ3) is 4.31. The van der Waals surface area contributed by atoms with E-state index >= 15 is 0 Å². The molecule has 7 nitrogen and oxygen atoms in total. The minimum Gasteiger partial charge on any atom is -0.479 e. The number of aryl methyl sites for hydroxylation is 2. The minimum atomic E-state index is -1.55. The fraction of sp³-hybridized carbons (Fsp3) is 0.393. The number of anilines is 1. The molecule has 0 fully saturated rings. The number of hydrogen-bond donors (Lipinski definition) is 3. The van der Waals surface area contributed by atoms with Crippen LogP contribution in [-0.4, -0.2) is 26.8 Å². The van der Waals surface area contributed by atoms with Crippen LogP contribution in [0.3, 0.4) is 0 Å². The van der Waals surface area contributed by atoms with Crippen LogP contribution in [0.4, 0.5) is 5.82 Å². The van der Waals surface area contributed by atoms with Gasteiger partial charge in [-0.2, -0.15) is 5.10 Å². The van der Waals surface area contributed by atoms with E-state index in [1.165, 1.54) is 0 Å². The lowest BCUT2D eigenvalue weighted by Crippen LogP contribution is -2.51. The second kappa shape index (κ2) is 9.21. The number of carboxylic acids is 1. The summed E-state index contributed by atoms with van der Waals surface area (Å²) in [5, 5.41) is 21.4. The lowest BCUT2D eigenvalue weighted by Gasteiger charge is -2.38. The highest BCUT2D eigenvalue weighted by molar-refractivity contribution is 6.03. The van der Waals surface area contributed by atoms with Gasteiger partial charge in [-0.1, -0.05) is 68.4 Å². The van der Waals surface area contributed by atoms with Crippen LogP contribution in [0.15, 0.2) is 54.6 Å². The van der Waals surface area contributed by atoms with Gasteiger partial charge in [0, 0.05) is 0 Å². The Morgan fingerprint density at radius 1 is 1.14 bits per heavy atom. The summed E-state index contributed by atoms with van der Waals surface area (Å²) >= 11 is 0. The molecule has 0 unspecified atom stereocenters. The van der Waals surface area contributed by atoms with Gasteiger partial charge in [0.05, 0.1) is 17.3 Å². The molecule has 2 atom stereocenters. The SMILES string of the molecule is CCc1ccc([C@@](CC)(NC(=O)c2c(C)nn3c2N[C@@H](c2ccccc2)CC3(C)C)C(=O)O)cc1. The number of rotatable bonds is 7. The van der Waals surface area contributed by atoms with Gasteiger partial charge in [-0.15, -0.1) is 0 Å². The number of carbonyl (C=O) groups excluding carboxylic acids is 1. The highest BCUT2D eigenvalue weighted by atomic mass is 16.4. The van der Waals surface area contributed by atoms with Crippen molar-refractivity contribution in [2.45, 2.75) is 71.0 Å². The predicted octanol–water partition coefficient (Wildman–Crippen LogP) is 5.17. The number of hydrogen-bond acceptors (Lipinski definition) is 4. The molecule has 1 aromatic heterocycles. The number of amides is 1. The number of aromatic nitrogens is 2. The summed E-state index contributed by atoms with van der Waals surface area (Å²) in [6.07, 6.45) is 1.85. The molecule has 1 aliphatic rings. The zero-order valence-electron chi connectivity index (χ0n) is 21.1. The van der Waals surface area contributed by atoms with Crippen molar-refractivity contribution in [3.63, 3.8) is 0 Å². The quantitative estimate of drug-likeness (QED) is 0.439. The second-order valence-electron chi connectivity index (χ2n) is 9.91. The Labute approximate surface area is 206 Å². The molecule has 7 heteroatoms. The van der Waals surface area contributed by atoms with Crippen molar-refractivity contribution < 1.29 is 14.7 Å². The number of fused-ring (bicyclic) bond motifs is 1. The summed E-state index contributed by atoms with van der Waals surface area (Å²) in [6.45, 7) is 9.81. The van der Waals surface area contributed by atoms with E-state index in [1.807, 2.05) is 41.9 Å². The summed E-state index contributed by atoms with van der Waals surface area (Å²) in [4.78, 5) is 26.3. The summed E-state index contributed by atoms with van der Waals surface area (Å²) < 4.78 is 1.86. The normalized spacial score (nSPS) is 18.1. The number of carboxylic acid groups (broad SMARTS) is 1. The Morgan fingerprint density at radius 2 is 1.80 bits per heavy atom. The number of nitrogens with one attached hydrogen (secondary N) is 2. The number of carbonyl (C=O) groups is 2. The molecule has 1 amide bonds. The first-order valence-electron chi connectivity index (χ1n) is 12.2. The van der Waals surface area contributed by atoms with E-state index in [2.05, 4.69) is 36.6 Å². The van der Waals surface area contributed by atoms with E-state index < -0.39 is 17.4 Å². The van der Waals surface area contributed by atoms with E-state index in [1.54, 1.807) is 26.0 Å². The first-order chi connectivity index (χ1) is 16.6. The number of aliphatic carboxylic acids is 1. The maximum atomic E-state index is 13.8. The fourth-order valence-electron chi connectivity index (χ4n) is 5.03. The Morgan fingerprint density at radius 3 is 2.37 bits per heavy atom. The van der Waals surface area contributed by atoms with Gasteiger partial charge in [-0.25, -0.2) is 9.48 Å². The molecule has 4 rings (SSSR count). The Bertz CT molecular complexity index is 1230. The zero-order chi connectivity index (χ0) is 25.4. The van der Waals surface area contributed by atoms with Crippen LogP contribution in [-0.2, 0) is 22.3 Å². The monoisotopic (exact) mass is 474 g/mol. The van der Waals surface area contributed by atoms with E-state index in [9.17, 15) is 14.7 Å². The van der Waals surface area contributed by atoms with Crippen molar-refractivity contribution in [1.29, 1.82) is 0 Å². The summed E-state index contributed by atoms with van der Waals surface area (Å²) in [5.74, 6) is -0.932. The van der Waals surface area contributed by atoms with E-state index in [0.717, 1.165) is 24.0 Å². The Hall–Kier alpha value is -3.61. The van der Waals surface area contributed by atoms with Gasteiger partial charge in [0.25, 0.3) is 5.91 Å². The molecular formula is C28H34N4O3. The van der Waals surface area contributed by atoms with Crippen LogP contribution in [0, 0.1) is 6.92 Å². The molecule has 0 aliphatic carbocycles. The molecule has 1 aliphatic heterocycles. The number of nitrogens with zero attached hydrogens (tertiary/aromatic N) is 2. The lowest BCUT2D eigenvalue weighted by atomic mass is 9.86. The van der Waals surface area contributed by atoms with Gasteiger partial charge in [0.15, 0.2) is 5.54 Å². The van der Waals surface area contributed by atoms with Crippen LogP contribution in [0.25, 0.3) is 0 Å². The van der Waals surface area contributed by atoms with Crippen molar-refractivity contribution in [3.8, 4) is 0 Å². The highest BCUT2D eigenvalue weighted by Crippen LogP contribution is 2.41. The summed E-state index contributed by atoms with van der Waals surface area (Å²) in [7, 11) is 0. The standard InChI is InChI=1S/C28H34N4O3/c1-6-19-13-15-21(16-14-19)28(7-2,26(34)35)30-25(33)23-18(3)31-32-24(23)29-22(17-27(32,4)5)20-11-9-8-10-12-20/h8-16,22,29H,6-7,17H2,1-5H3,(H,30,33)(H,34,35)/t22-,28-/m1/s1. The third-order valence-electron chi connectivity index (χ3n) is 7.15. The van der Waals surface area contributed by atoms with Gasteiger partial charge in [0.2, 0.25) is 0 Å². The molecule has 3 aromatic rings. The molecule has 0 saturated carbocycles. The van der Waals surface area contributed by atoms with Crippen molar-refractivity contribution in [1.82, 2.24) is 15.1 Å². The molecule has 35 heavy (non-hydrogen) atoms. The molecule has 0 saturated heterocycles. The predicted molar refractivity (Wildman–Crippen MR) is 137 cm³/mol. The number of benzene rings is 2. The summed E-state index contributed by atoms with van der Waals surface area (Å²) in [6, 6.07) is 17.5. The maximum absolute atomic E-state index is 13.8. The summed E-state index contributed by atoms with van der Waals surface area (Å²) in [5.41, 5.74) is 1.83. The molecule has 2 aromatic carbocycles. The van der Waals surface area contributed by atoms with Gasteiger partial charge in [0.1, 0.15) is 11.4 Å². The third-order valence-corrected chi connectivity index (χ3v) is 7.15. The van der Waals surface area contributed by atoms with Gasteiger partial charge in [-0.3, -0.25) is 4.79 Å². The van der Waals surface area contributed by atoms with Crippen molar-refractivity contribution in [3.05, 3.63) is 82.5 Å². The molecular weight excluding hydrogens is 440 g/mol. The molecule has 2 heterocycles. The molecule has 0 radical (unpaired) electrons. The Kier molecular flexibility index (Phi) is 6.45. The first-order valence-corrected chi connectivity index (χ1v) is 12.2. The Balaban J connectivity index is 1.74. The van der Waals surface area contributed by atoms with Crippen LogP contribution in [0.1, 0.15) is 79.3 Å². The molecule has 3 N–H and O–H groups in total.